The highest BCUT2D eigenvalue weighted by atomic mass is 35.5. The first-order valence-electron chi connectivity index (χ1n) is 6.39. The summed E-state index contributed by atoms with van der Waals surface area (Å²) in [5.74, 6) is 0. The number of hydrogen-bond acceptors (Lipinski definition) is 2. The van der Waals surface area contributed by atoms with Crippen molar-refractivity contribution in [3.63, 3.8) is 0 Å². The molecular formula is C15H23ClO2S. The fraction of sp³-hybridized carbons (Fsp3) is 0.600. The minimum atomic E-state index is -3.15. The van der Waals surface area contributed by atoms with E-state index in [9.17, 15) is 8.42 Å². The average molecular weight is 303 g/mol. The van der Waals surface area contributed by atoms with Gasteiger partial charge in [-0.25, -0.2) is 8.42 Å². The highest BCUT2D eigenvalue weighted by Gasteiger charge is 2.29. The summed E-state index contributed by atoms with van der Waals surface area (Å²) in [6, 6.07) is 0. The Hall–Kier alpha value is -0.540. The Kier molecular flexibility index (Phi) is 4.74. The molecule has 1 aromatic rings. The molecule has 0 fully saturated rings. The van der Waals surface area contributed by atoms with Crippen molar-refractivity contribution in [2.45, 2.75) is 52.2 Å². The van der Waals surface area contributed by atoms with E-state index in [2.05, 4.69) is 20.8 Å². The van der Waals surface area contributed by atoms with Crippen LogP contribution >= 0.6 is 11.6 Å². The minimum absolute atomic E-state index is 0.506. The van der Waals surface area contributed by atoms with Gasteiger partial charge in [0.2, 0.25) is 0 Å². The summed E-state index contributed by atoms with van der Waals surface area (Å²) in [5, 5.41) is -1.10. The van der Waals surface area contributed by atoms with Crippen LogP contribution in [0.4, 0.5) is 0 Å². The molecule has 108 valence electrons. The zero-order chi connectivity index (χ0) is 15.1. The van der Waals surface area contributed by atoms with Crippen LogP contribution in [0.25, 0.3) is 0 Å². The van der Waals surface area contributed by atoms with E-state index >= 15 is 0 Å². The first-order chi connectivity index (χ1) is 8.50. The van der Waals surface area contributed by atoms with Crippen molar-refractivity contribution < 1.29 is 8.42 Å². The molecule has 2 unspecified atom stereocenters. The van der Waals surface area contributed by atoms with Gasteiger partial charge in [0.25, 0.3) is 0 Å². The fourth-order valence-corrected chi connectivity index (χ4v) is 3.85. The zero-order valence-corrected chi connectivity index (χ0v) is 14.3. The van der Waals surface area contributed by atoms with Crippen LogP contribution in [0.5, 0.6) is 0 Å². The van der Waals surface area contributed by atoms with Gasteiger partial charge in [-0.3, -0.25) is 0 Å². The highest BCUT2D eigenvalue weighted by Crippen LogP contribution is 2.37. The SMILES string of the molecule is Cc1c(C)c(C)c(C(Cl)C(C)S(C)(=O)=O)c(C)c1C. The minimum Gasteiger partial charge on any atom is -0.229 e. The van der Waals surface area contributed by atoms with Gasteiger partial charge in [0.1, 0.15) is 0 Å². The van der Waals surface area contributed by atoms with Crippen molar-refractivity contribution in [2.24, 2.45) is 0 Å². The molecule has 0 aliphatic heterocycles. The van der Waals surface area contributed by atoms with Gasteiger partial charge in [-0.2, -0.15) is 0 Å². The first-order valence-corrected chi connectivity index (χ1v) is 8.79. The lowest BCUT2D eigenvalue weighted by molar-refractivity contribution is 0.586. The predicted molar refractivity (Wildman–Crippen MR) is 83.0 cm³/mol. The number of benzene rings is 1. The lowest BCUT2D eigenvalue weighted by atomic mass is 9.87. The smallest absolute Gasteiger partial charge is 0.151 e. The number of hydrogen-bond donors (Lipinski definition) is 0. The average Bonchev–Trinajstić information content (AvgIpc) is 2.31. The molecule has 0 bridgehead atoms. The summed E-state index contributed by atoms with van der Waals surface area (Å²) < 4.78 is 23.4. The van der Waals surface area contributed by atoms with Crippen LogP contribution in [0.3, 0.4) is 0 Å². The zero-order valence-electron chi connectivity index (χ0n) is 12.8. The van der Waals surface area contributed by atoms with E-state index < -0.39 is 20.5 Å². The molecule has 0 aromatic heterocycles. The van der Waals surface area contributed by atoms with Crippen LogP contribution in [0.2, 0.25) is 0 Å². The Morgan fingerprint density at radius 2 is 1.16 bits per heavy atom. The number of halogens is 1. The molecule has 4 heteroatoms. The molecule has 2 nitrogen and oxygen atoms in total. The second-order valence-electron chi connectivity index (χ2n) is 5.48. The van der Waals surface area contributed by atoms with Gasteiger partial charge in [-0.1, -0.05) is 0 Å². The maximum absolute atomic E-state index is 11.7. The predicted octanol–water partition coefficient (Wildman–Crippen LogP) is 3.94. The van der Waals surface area contributed by atoms with Gasteiger partial charge < -0.3 is 0 Å². The van der Waals surface area contributed by atoms with Crippen LogP contribution in [0.1, 0.15) is 45.7 Å². The molecule has 0 saturated carbocycles. The van der Waals surface area contributed by atoms with Crippen molar-refractivity contribution in [2.75, 3.05) is 6.26 Å². The summed E-state index contributed by atoms with van der Waals surface area (Å²) in [5.41, 5.74) is 6.84. The van der Waals surface area contributed by atoms with E-state index in [1.165, 1.54) is 22.9 Å². The molecule has 0 amide bonds. The van der Waals surface area contributed by atoms with Gasteiger partial charge in [0.05, 0.1) is 10.6 Å². The molecule has 0 aliphatic carbocycles. The van der Waals surface area contributed by atoms with Crippen LogP contribution in [-0.4, -0.2) is 19.9 Å². The van der Waals surface area contributed by atoms with Crippen molar-refractivity contribution in [3.8, 4) is 0 Å². The van der Waals surface area contributed by atoms with Crippen LogP contribution < -0.4 is 0 Å². The van der Waals surface area contributed by atoms with E-state index in [4.69, 9.17) is 11.6 Å². The summed E-state index contributed by atoms with van der Waals surface area (Å²) in [6.07, 6.45) is 1.24. The summed E-state index contributed by atoms with van der Waals surface area (Å²) in [4.78, 5) is 0. The van der Waals surface area contributed by atoms with Crippen LogP contribution in [-0.2, 0) is 9.84 Å². The van der Waals surface area contributed by atoms with E-state index in [-0.39, 0.29) is 0 Å². The molecule has 0 radical (unpaired) electrons. The Morgan fingerprint density at radius 1 is 0.842 bits per heavy atom. The summed E-state index contributed by atoms with van der Waals surface area (Å²) >= 11 is 6.47. The maximum Gasteiger partial charge on any atom is 0.151 e. The van der Waals surface area contributed by atoms with Gasteiger partial charge in [0.15, 0.2) is 9.84 Å². The van der Waals surface area contributed by atoms with Gasteiger partial charge in [0, 0.05) is 6.26 Å². The third-order valence-electron chi connectivity index (χ3n) is 4.42. The molecule has 0 heterocycles. The molecule has 1 aromatic carbocycles. The first kappa shape index (κ1) is 16.5. The van der Waals surface area contributed by atoms with E-state index in [1.54, 1.807) is 6.92 Å². The number of sulfone groups is 1. The number of rotatable bonds is 3. The molecule has 2 atom stereocenters. The Bertz CT molecular complexity index is 574. The summed E-state index contributed by atoms with van der Waals surface area (Å²) in [6.45, 7) is 11.9. The van der Waals surface area contributed by atoms with Crippen molar-refractivity contribution >= 4 is 21.4 Å². The van der Waals surface area contributed by atoms with Crippen molar-refractivity contribution in [3.05, 3.63) is 33.4 Å². The lowest BCUT2D eigenvalue weighted by Crippen LogP contribution is -2.23. The van der Waals surface area contributed by atoms with Crippen molar-refractivity contribution in [1.82, 2.24) is 0 Å². The van der Waals surface area contributed by atoms with Gasteiger partial charge >= 0.3 is 0 Å². The fourth-order valence-electron chi connectivity index (χ4n) is 2.39. The molecule has 0 saturated heterocycles. The molecular weight excluding hydrogens is 280 g/mol. The molecule has 1 rings (SSSR count). The second-order valence-corrected chi connectivity index (χ2v) is 8.35. The highest BCUT2D eigenvalue weighted by molar-refractivity contribution is 7.91. The normalized spacial score (nSPS) is 15.4. The Labute approximate surface area is 122 Å². The van der Waals surface area contributed by atoms with Gasteiger partial charge in [-0.05, 0) is 74.9 Å². The van der Waals surface area contributed by atoms with Crippen LogP contribution in [0.15, 0.2) is 0 Å². The Balaban J connectivity index is 3.53. The standard InChI is InChI=1S/C15H23ClO2S/c1-8-9(2)11(4)14(12(5)10(8)3)15(16)13(6)19(7,17)18/h13,15H,1-7H3. The molecule has 0 N–H and O–H groups in total. The largest absolute Gasteiger partial charge is 0.229 e. The lowest BCUT2D eigenvalue weighted by Gasteiger charge is -2.25. The molecule has 0 spiro atoms. The van der Waals surface area contributed by atoms with Crippen molar-refractivity contribution in [1.29, 1.82) is 0 Å². The summed E-state index contributed by atoms with van der Waals surface area (Å²) in [7, 11) is -3.15. The maximum atomic E-state index is 11.7. The third kappa shape index (κ3) is 2.97. The van der Waals surface area contributed by atoms with E-state index in [0.29, 0.717) is 0 Å². The van der Waals surface area contributed by atoms with E-state index in [1.807, 2.05) is 13.8 Å². The quantitative estimate of drug-likeness (QED) is 0.793. The molecule has 0 aliphatic rings. The van der Waals surface area contributed by atoms with E-state index in [0.717, 1.165) is 16.7 Å². The Morgan fingerprint density at radius 3 is 1.47 bits per heavy atom. The third-order valence-corrected chi connectivity index (χ3v) is 6.79. The topological polar surface area (TPSA) is 34.1 Å². The van der Waals surface area contributed by atoms with Crippen LogP contribution in [0, 0.1) is 34.6 Å². The number of alkyl halides is 1. The van der Waals surface area contributed by atoms with Gasteiger partial charge in [-0.15, -0.1) is 11.6 Å². The second kappa shape index (κ2) is 5.45. The monoisotopic (exact) mass is 302 g/mol. The molecule has 19 heavy (non-hydrogen) atoms.